The summed E-state index contributed by atoms with van der Waals surface area (Å²) in [6.07, 6.45) is 1.46. The van der Waals surface area contributed by atoms with Gasteiger partial charge in [-0.2, -0.15) is 0 Å². The van der Waals surface area contributed by atoms with E-state index in [4.69, 9.17) is 9.47 Å². The summed E-state index contributed by atoms with van der Waals surface area (Å²) >= 11 is 0. The normalized spacial score (nSPS) is 13.7. The van der Waals surface area contributed by atoms with Crippen LogP contribution >= 0.6 is 0 Å². The third-order valence-electron chi connectivity index (χ3n) is 4.55. The van der Waals surface area contributed by atoms with Gasteiger partial charge in [0.25, 0.3) is 0 Å². The number of nitrogens with zero attached hydrogens (tertiary/aromatic N) is 3. The maximum Gasteiger partial charge on any atom is 0.339 e. The molecule has 3 rings (SSSR count). The fourth-order valence-corrected chi connectivity index (χ4v) is 2.99. The van der Waals surface area contributed by atoms with Crippen LogP contribution in [0.5, 0.6) is 5.75 Å². The Morgan fingerprint density at radius 3 is 2.61 bits per heavy atom. The SMILES string of the molecule is COC(=O)c1ccc(CN(C(=O)N2CCNCC2)c2cccc(OC)c2)nc1. The topological polar surface area (TPSA) is 84.0 Å². The third kappa shape index (κ3) is 4.58. The highest BCUT2D eigenvalue weighted by molar-refractivity contribution is 5.92. The number of aromatic nitrogens is 1. The van der Waals surface area contributed by atoms with Crippen LogP contribution in [0.25, 0.3) is 0 Å². The minimum atomic E-state index is -0.444. The zero-order valence-electron chi connectivity index (χ0n) is 16.1. The summed E-state index contributed by atoms with van der Waals surface area (Å²) in [7, 11) is 2.92. The number of carbonyl (C=O) groups excluding carboxylic acids is 2. The number of pyridine rings is 1. The van der Waals surface area contributed by atoms with E-state index in [-0.39, 0.29) is 12.6 Å². The van der Waals surface area contributed by atoms with E-state index in [2.05, 4.69) is 10.3 Å². The van der Waals surface area contributed by atoms with Crippen molar-refractivity contribution in [1.82, 2.24) is 15.2 Å². The Kier molecular flexibility index (Phi) is 6.44. The maximum atomic E-state index is 13.2. The van der Waals surface area contributed by atoms with Crippen LogP contribution in [-0.2, 0) is 11.3 Å². The van der Waals surface area contributed by atoms with Crippen LogP contribution in [0, 0.1) is 0 Å². The minimum absolute atomic E-state index is 0.0893. The summed E-state index contributed by atoms with van der Waals surface area (Å²) in [5.74, 6) is 0.227. The average Bonchev–Trinajstić information content (AvgIpc) is 2.77. The Balaban J connectivity index is 1.86. The molecule has 28 heavy (non-hydrogen) atoms. The van der Waals surface area contributed by atoms with Gasteiger partial charge in [-0.15, -0.1) is 0 Å². The number of carbonyl (C=O) groups is 2. The molecule has 1 fully saturated rings. The van der Waals surface area contributed by atoms with Gasteiger partial charge in [0.15, 0.2) is 0 Å². The van der Waals surface area contributed by atoms with Gasteiger partial charge in [0.2, 0.25) is 0 Å². The Bertz CT molecular complexity index is 819. The molecule has 0 saturated carbocycles. The molecule has 1 N–H and O–H groups in total. The number of urea groups is 1. The molecule has 1 aliphatic heterocycles. The summed E-state index contributed by atoms with van der Waals surface area (Å²) in [5.41, 5.74) is 1.76. The molecule has 0 unspecified atom stereocenters. The molecular weight excluding hydrogens is 360 g/mol. The number of benzene rings is 1. The van der Waals surface area contributed by atoms with Crippen LogP contribution in [0.4, 0.5) is 10.5 Å². The highest BCUT2D eigenvalue weighted by Gasteiger charge is 2.24. The van der Waals surface area contributed by atoms with Crippen LogP contribution < -0.4 is 15.0 Å². The van der Waals surface area contributed by atoms with Gasteiger partial charge in [-0.25, -0.2) is 9.59 Å². The summed E-state index contributed by atoms with van der Waals surface area (Å²) in [6, 6.07) is 10.7. The van der Waals surface area contributed by atoms with Crippen LogP contribution in [0.15, 0.2) is 42.6 Å². The van der Waals surface area contributed by atoms with E-state index in [9.17, 15) is 9.59 Å². The lowest BCUT2D eigenvalue weighted by atomic mass is 10.2. The highest BCUT2D eigenvalue weighted by atomic mass is 16.5. The van der Waals surface area contributed by atoms with Crippen molar-refractivity contribution in [3.8, 4) is 5.75 Å². The van der Waals surface area contributed by atoms with Gasteiger partial charge in [0, 0.05) is 44.1 Å². The van der Waals surface area contributed by atoms with Gasteiger partial charge in [-0.3, -0.25) is 9.88 Å². The van der Waals surface area contributed by atoms with E-state index in [1.165, 1.54) is 13.3 Å². The zero-order valence-corrected chi connectivity index (χ0v) is 16.1. The molecule has 8 heteroatoms. The Morgan fingerprint density at radius 1 is 1.18 bits per heavy atom. The second-order valence-corrected chi connectivity index (χ2v) is 6.34. The van der Waals surface area contributed by atoms with E-state index in [0.717, 1.165) is 18.8 Å². The molecule has 8 nitrogen and oxygen atoms in total. The first-order chi connectivity index (χ1) is 13.6. The number of hydrogen-bond donors (Lipinski definition) is 1. The molecule has 1 aromatic heterocycles. The van der Waals surface area contributed by atoms with E-state index in [1.54, 1.807) is 24.1 Å². The standard InChI is InChI=1S/C20H24N4O4/c1-27-18-5-3-4-17(12-18)24(20(26)23-10-8-21-9-11-23)14-16-7-6-15(13-22-16)19(25)28-2/h3-7,12-13,21H,8-11,14H2,1-2H3. The number of amides is 2. The first-order valence-corrected chi connectivity index (χ1v) is 9.07. The average molecular weight is 384 g/mol. The number of methoxy groups -OCH3 is 2. The molecule has 1 aliphatic rings. The first-order valence-electron chi connectivity index (χ1n) is 9.07. The Morgan fingerprint density at radius 2 is 1.96 bits per heavy atom. The number of ether oxygens (including phenoxy) is 2. The molecule has 0 atom stereocenters. The van der Waals surface area contributed by atoms with Crippen molar-refractivity contribution < 1.29 is 19.1 Å². The van der Waals surface area contributed by atoms with Crippen LogP contribution in [-0.4, -0.2) is 62.3 Å². The number of piperazine rings is 1. The van der Waals surface area contributed by atoms with Crippen LogP contribution in [0.1, 0.15) is 16.1 Å². The molecular formula is C20H24N4O4. The number of nitrogens with one attached hydrogen (secondary N) is 1. The van der Waals surface area contributed by atoms with Crippen molar-refractivity contribution >= 4 is 17.7 Å². The number of rotatable bonds is 5. The number of anilines is 1. The van der Waals surface area contributed by atoms with Crippen molar-refractivity contribution in [2.75, 3.05) is 45.3 Å². The largest absolute Gasteiger partial charge is 0.497 e. The Hall–Kier alpha value is -3.13. The fourth-order valence-electron chi connectivity index (χ4n) is 2.99. The fraction of sp³-hybridized carbons (Fsp3) is 0.350. The van der Waals surface area contributed by atoms with Crippen LogP contribution in [0.3, 0.4) is 0 Å². The molecule has 1 saturated heterocycles. The smallest absolute Gasteiger partial charge is 0.339 e. The molecule has 1 aromatic carbocycles. The summed E-state index contributed by atoms with van der Waals surface area (Å²) in [5, 5.41) is 3.25. The summed E-state index contributed by atoms with van der Waals surface area (Å²) < 4.78 is 10.0. The molecule has 148 valence electrons. The van der Waals surface area contributed by atoms with Gasteiger partial charge in [0.1, 0.15) is 5.75 Å². The van der Waals surface area contributed by atoms with Gasteiger partial charge >= 0.3 is 12.0 Å². The molecule has 0 aliphatic carbocycles. The lowest BCUT2D eigenvalue weighted by Gasteiger charge is -2.33. The predicted molar refractivity (Wildman–Crippen MR) is 105 cm³/mol. The molecule has 2 amide bonds. The van der Waals surface area contributed by atoms with Crippen molar-refractivity contribution in [1.29, 1.82) is 0 Å². The second kappa shape index (κ2) is 9.18. The number of hydrogen-bond acceptors (Lipinski definition) is 6. The zero-order chi connectivity index (χ0) is 19.9. The Labute approximate surface area is 164 Å². The molecule has 0 spiro atoms. The second-order valence-electron chi connectivity index (χ2n) is 6.34. The van der Waals surface area contributed by atoms with Gasteiger partial charge in [-0.05, 0) is 24.3 Å². The lowest BCUT2D eigenvalue weighted by molar-refractivity contribution is 0.0600. The van der Waals surface area contributed by atoms with E-state index < -0.39 is 5.97 Å². The maximum absolute atomic E-state index is 13.2. The predicted octanol–water partition coefficient (Wildman–Crippen LogP) is 1.91. The monoisotopic (exact) mass is 384 g/mol. The van der Waals surface area contributed by atoms with E-state index in [1.807, 2.05) is 29.2 Å². The van der Waals surface area contributed by atoms with Gasteiger partial charge in [-0.1, -0.05) is 6.07 Å². The quantitative estimate of drug-likeness (QED) is 0.793. The third-order valence-corrected chi connectivity index (χ3v) is 4.55. The lowest BCUT2D eigenvalue weighted by Crippen LogP contribution is -2.51. The first kappa shape index (κ1) is 19.6. The van der Waals surface area contributed by atoms with Crippen LogP contribution in [0.2, 0.25) is 0 Å². The van der Waals surface area contributed by atoms with E-state index >= 15 is 0 Å². The van der Waals surface area contributed by atoms with Crippen molar-refractivity contribution in [2.45, 2.75) is 6.54 Å². The van der Waals surface area contributed by atoms with E-state index in [0.29, 0.717) is 30.1 Å². The van der Waals surface area contributed by atoms with Crippen molar-refractivity contribution in [3.05, 3.63) is 53.9 Å². The van der Waals surface area contributed by atoms with Gasteiger partial charge in [0.05, 0.1) is 32.0 Å². The summed E-state index contributed by atoms with van der Waals surface area (Å²) in [6.45, 7) is 3.10. The molecule has 0 bridgehead atoms. The summed E-state index contributed by atoms with van der Waals surface area (Å²) in [4.78, 5) is 32.6. The molecule has 0 radical (unpaired) electrons. The highest BCUT2D eigenvalue weighted by Crippen LogP contribution is 2.24. The number of esters is 1. The molecule has 2 heterocycles. The van der Waals surface area contributed by atoms with Crippen molar-refractivity contribution in [3.63, 3.8) is 0 Å². The van der Waals surface area contributed by atoms with Gasteiger partial charge < -0.3 is 19.7 Å². The van der Waals surface area contributed by atoms with Crippen molar-refractivity contribution in [2.24, 2.45) is 0 Å². The minimum Gasteiger partial charge on any atom is -0.497 e. The molecule has 2 aromatic rings.